The van der Waals surface area contributed by atoms with Crippen molar-refractivity contribution in [2.45, 2.75) is 40.2 Å². The Morgan fingerprint density at radius 3 is 2.28 bits per heavy atom. The van der Waals surface area contributed by atoms with Crippen molar-refractivity contribution in [3.05, 3.63) is 16.0 Å². The van der Waals surface area contributed by atoms with Crippen LogP contribution in [-0.2, 0) is 9.53 Å². The molecule has 0 saturated heterocycles. The highest BCUT2D eigenvalue weighted by molar-refractivity contribution is 7.18. The summed E-state index contributed by atoms with van der Waals surface area (Å²) in [6.45, 7) is 9.55. The molecule has 1 rings (SSSR count). The molecule has 0 aliphatic heterocycles. The van der Waals surface area contributed by atoms with E-state index in [0.29, 0.717) is 15.4 Å². The summed E-state index contributed by atoms with van der Waals surface area (Å²) < 4.78 is 5.07. The van der Waals surface area contributed by atoms with E-state index in [4.69, 9.17) is 4.74 Å². The molecule has 2 amide bonds. The van der Waals surface area contributed by atoms with Crippen LogP contribution < -0.4 is 10.6 Å². The number of carbonyl (C=O) groups excluding carboxylic acids is 3. The molecule has 0 spiro atoms. The van der Waals surface area contributed by atoms with Gasteiger partial charge >= 0.3 is 5.97 Å². The van der Waals surface area contributed by atoms with E-state index >= 15 is 0 Å². The second-order valence-electron chi connectivity index (χ2n) is 6.83. The third-order valence-electron chi connectivity index (χ3n) is 3.26. The summed E-state index contributed by atoms with van der Waals surface area (Å²) in [7, 11) is 3.27. The van der Waals surface area contributed by atoms with E-state index in [9.17, 15) is 14.4 Å². The van der Waals surface area contributed by atoms with Gasteiger partial charge in [0.1, 0.15) is 5.00 Å². The number of nitrogens with zero attached hydrogens (tertiary/aromatic N) is 1. The zero-order valence-corrected chi connectivity index (χ0v) is 16.7. The molecule has 0 atom stereocenters. The normalized spacial score (nSPS) is 11.2. The number of nitrogens with one attached hydrogen (secondary N) is 2. The number of thiophene rings is 1. The minimum atomic E-state index is -0.548. The molecule has 8 heteroatoms. The van der Waals surface area contributed by atoms with Crippen molar-refractivity contribution < 1.29 is 19.1 Å². The summed E-state index contributed by atoms with van der Waals surface area (Å²) in [5.41, 5.74) is 0.543. The molecule has 0 fully saturated rings. The van der Waals surface area contributed by atoms with Gasteiger partial charge in [-0.3, -0.25) is 9.59 Å². The van der Waals surface area contributed by atoms with Crippen molar-refractivity contribution in [2.24, 2.45) is 0 Å². The molecule has 25 heavy (non-hydrogen) atoms. The monoisotopic (exact) mass is 369 g/mol. The van der Waals surface area contributed by atoms with Crippen LogP contribution in [0.1, 0.15) is 53.3 Å². The molecule has 0 radical (unpaired) electrons. The topological polar surface area (TPSA) is 87.7 Å². The Hall–Kier alpha value is -1.93. The van der Waals surface area contributed by atoms with Crippen LogP contribution in [0.25, 0.3) is 0 Å². The van der Waals surface area contributed by atoms with Gasteiger partial charge in [0.15, 0.2) is 0 Å². The van der Waals surface area contributed by atoms with E-state index in [1.807, 2.05) is 20.8 Å². The highest BCUT2D eigenvalue weighted by atomic mass is 32.1. The Balaban J connectivity index is 3.15. The van der Waals surface area contributed by atoms with Crippen LogP contribution >= 0.6 is 11.3 Å². The van der Waals surface area contributed by atoms with E-state index in [2.05, 4.69) is 10.6 Å². The van der Waals surface area contributed by atoms with Crippen molar-refractivity contribution in [3.8, 4) is 0 Å². The van der Waals surface area contributed by atoms with E-state index < -0.39 is 5.97 Å². The molecule has 0 bridgehead atoms. The predicted octanol–water partition coefficient (Wildman–Crippen LogP) is 2.26. The molecule has 2 N–H and O–H groups in total. The van der Waals surface area contributed by atoms with Gasteiger partial charge in [-0.1, -0.05) is 0 Å². The van der Waals surface area contributed by atoms with Crippen molar-refractivity contribution in [2.75, 3.05) is 32.6 Å². The molecule has 0 aromatic carbocycles. The fourth-order valence-electron chi connectivity index (χ4n) is 1.97. The Bertz CT molecular complexity index is 660. The number of hydrogen-bond donors (Lipinski definition) is 2. The molecule has 1 heterocycles. The number of hydrogen-bond acceptors (Lipinski definition) is 6. The van der Waals surface area contributed by atoms with Gasteiger partial charge in [-0.25, -0.2) is 4.79 Å². The number of carbonyl (C=O) groups is 3. The van der Waals surface area contributed by atoms with Crippen molar-refractivity contribution in [1.82, 2.24) is 10.2 Å². The van der Waals surface area contributed by atoms with Crippen LogP contribution in [0.15, 0.2) is 0 Å². The smallest absolute Gasteiger partial charge is 0.341 e. The van der Waals surface area contributed by atoms with E-state index in [1.54, 1.807) is 27.9 Å². The minimum absolute atomic E-state index is 0.0969. The number of ether oxygens (including phenoxy) is 1. The molecule has 0 aliphatic rings. The summed E-state index contributed by atoms with van der Waals surface area (Å²) in [6.07, 6.45) is 0. The number of rotatable bonds is 6. The van der Waals surface area contributed by atoms with E-state index in [-0.39, 0.29) is 36.1 Å². The molecular formula is C17H27N3O4S. The number of amides is 2. The van der Waals surface area contributed by atoms with E-state index in [0.717, 1.165) is 11.3 Å². The molecule has 0 unspecified atom stereocenters. The van der Waals surface area contributed by atoms with Gasteiger partial charge in [0.2, 0.25) is 5.91 Å². The second kappa shape index (κ2) is 8.44. The maximum atomic E-state index is 12.3. The highest BCUT2D eigenvalue weighted by Crippen LogP contribution is 2.34. The average molecular weight is 369 g/mol. The molecule has 0 saturated carbocycles. The maximum absolute atomic E-state index is 12.3. The number of anilines is 1. The summed E-state index contributed by atoms with van der Waals surface area (Å²) in [5.74, 6) is -1.06. The first-order valence-electron chi connectivity index (χ1n) is 8.05. The van der Waals surface area contributed by atoms with Crippen LogP contribution in [-0.4, -0.2) is 55.5 Å². The standard InChI is InChI=1S/C17H27N3O4S/c1-8-24-16(23)12-10(2)13(15(22)20(6)7)25-14(12)19-11(21)9-18-17(3,4)5/h18H,8-9H2,1-7H3,(H,19,21). The van der Waals surface area contributed by atoms with Crippen molar-refractivity contribution in [1.29, 1.82) is 0 Å². The van der Waals surface area contributed by atoms with Gasteiger partial charge in [-0.15, -0.1) is 11.3 Å². The van der Waals surface area contributed by atoms with Gasteiger partial charge in [0, 0.05) is 19.6 Å². The second-order valence-corrected chi connectivity index (χ2v) is 7.85. The Morgan fingerprint density at radius 2 is 1.80 bits per heavy atom. The quantitative estimate of drug-likeness (QED) is 0.751. The summed E-state index contributed by atoms with van der Waals surface area (Å²) in [6, 6.07) is 0. The lowest BCUT2D eigenvalue weighted by atomic mass is 10.1. The third kappa shape index (κ3) is 5.82. The Morgan fingerprint density at radius 1 is 1.20 bits per heavy atom. The maximum Gasteiger partial charge on any atom is 0.341 e. The fraction of sp³-hybridized carbons (Fsp3) is 0.588. The SMILES string of the molecule is CCOC(=O)c1c(NC(=O)CNC(C)(C)C)sc(C(=O)N(C)C)c1C. The third-order valence-corrected chi connectivity index (χ3v) is 4.45. The highest BCUT2D eigenvalue weighted by Gasteiger charge is 2.27. The first kappa shape index (κ1) is 21.1. The average Bonchev–Trinajstić information content (AvgIpc) is 2.80. The van der Waals surface area contributed by atoms with Crippen LogP contribution in [0.3, 0.4) is 0 Å². The fourth-order valence-corrected chi connectivity index (χ4v) is 3.21. The van der Waals surface area contributed by atoms with Crippen molar-refractivity contribution in [3.63, 3.8) is 0 Å². The molecule has 7 nitrogen and oxygen atoms in total. The first-order chi connectivity index (χ1) is 11.5. The molecule has 1 aromatic rings. The number of esters is 1. The van der Waals surface area contributed by atoms with Crippen LogP contribution in [0.2, 0.25) is 0 Å². The molecule has 1 aromatic heterocycles. The lowest BCUT2D eigenvalue weighted by molar-refractivity contribution is -0.115. The van der Waals surface area contributed by atoms with Crippen LogP contribution in [0, 0.1) is 6.92 Å². The lowest BCUT2D eigenvalue weighted by Gasteiger charge is -2.19. The molecule has 0 aliphatic carbocycles. The summed E-state index contributed by atoms with van der Waals surface area (Å²) in [4.78, 5) is 38.6. The van der Waals surface area contributed by atoms with Gasteiger partial charge in [0.25, 0.3) is 5.91 Å². The van der Waals surface area contributed by atoms with Crippen LogP contribution in [0.4, 0.5) is 5.00 Å². The zero-order chi connectivity index (χ0) is 19.4. The van der Waals surface area contributed by atoms with Crippen LogP contribution in [0.5, 0.6) is 0 Å². The Kier molecular flexibility index (Phi) is 7.13. The van der Waals surface area contributed by atoms with E-state index in [1.165, 1.54) is 4.90 Å². The predicted molar refractivity (Wildman–Crippen MR) is 99.4 cm³/mol. The molecule has 140 valence electrons. The van der Waals surface area contributed by atoms with Crippen molar-refractivity contribution >= 4 is 34.1 Å². The zero-order valence-electron chi connectivity index (χ0n) is 15.9. The van der Waals surface area contributed by atoms with Gasteiger partial charge in [0.05, 0.1) is 23.6 Å². The van der Waals surface area contributed by atoms with Gasteiger partial charge < -0.3 is 20.3 Å². The Labute approximate surface area is 152 Å². The van der Waals surface area contributed by atoms with Gasteiger partial charge in [-0.05, 0) is 40.2 Å². The largest absolute Gasteiger partial charge is 0.462 e. The van der Waals surface area contributed by atoms with Gasteiger partial charge in [-0.2, -0.15) is 0 Å². The first-order valence-corrected chi connectivity index (χ1v) is 8.86. The minimum Gasteiger partial charge on any atom is -0.462 e. The molecular weight excluding hydrogens is 342 g/mol. The lowest BCUT2D eigenvalue weighted by Crippen LogP contribution is -2.41. The summed E-state index contributed by atoms with van der Waals surface area (Å²) in [5, 5.41) is 6.14. The summed E-state index contributed by atoms with van der Waals surface area (Å²) >= 11 is 1.09.